The van der Waals surface area contributed by atoms with E-state index in [9.17, 15) is 9.59 Å². The molecule has 0 saturated carbocycles. The summed E-state index contributed by atoms with van der Waals surface area (Å²) in [6.45, 7) is 7.38. The Kier molecular flexibility index (Phi) is 8.22. The summed E-state index contributed by atoms with van der Waals surface area (Å²) >= 11 is 0. The number of nitrogens with one attached hydrogen (secondary N) is 2. The van der Waals surface area contributed by atoms with Crippen molar-refractivity contribution in [3.05, 3.63) is 35.9 Å². The topological polar surface area (TPSA) is 67.4 Å². The van der Waals surface area contributed by atoms with E-state index in [2.05, 4.69) is 10.6 Å². The maximum atomic E-state index is 11.7. The third-order valence-corrected chi connectivity index (χ3v) is 3.20. The van der Waals surface area contributed by atoms with Crippen molar-refractivity contribution < 1.29 is 14.3 Å². The van der Waals surface area contributed by atoms with Crippen LogP contribution >= 0.6 is 0 Å². The summed E-state index contributed by atoms with van der Waals surface area (Å²) in [5.74, 6) is -1.02. The first-order chi connectivity index (χ1) is 10.5. The summed E-state index contributed by atoms with van der Waals surface area (Å²) in [6, 6.07) is 9.88. The lowest BCUT2D eigenvalue weighted by Gasteiger charge is -2.13. The van der Waals surface area contributed by atoms with Crippen molar-refractivity contribution in [1.29, 1.82) is 0 Å². The van der Waals surface area contributed by atoms with E-state index in [1.807, 2.05) is 51.1 Å². The van der Waals surface area contributed by atoms with E-state index in [4.69, 9.17) is 4.74 Å². The van der Waals surface area contributed by atoms with Crippen molar-refractivity contribution in [2.75, 3.05) is 19.7 Å². The zero-order chi connectivity index (χ0) is 16.4. The van der Waals surface area contributed by atoms with E-state index in [1.165, 1.54) is 0 Å². The fraction of sp³-hybridized carbons (Fsp3) is 0.529. The second-order valence-corrected chi connectivity index (χ2v) is 5.55. The van der Waals surface area contributed by atoms with E-state index in [-0.39, 0.29) is 12.0 Å². The Hall–Kier alpha value is -1.88. The molecule has 5 nitrogen and oxygen atoms in total. The van der Waals surface area contributed by atoms with Gasteiger partial charge < -0.3 is 15.4 Å². The summed E-state index contributed by atoms with van der Waals surface area (Å²) in [4.78, 5) is 23.3. The first-order valence-electron chi connectivity index (χ1n) is 7.73. The largest absolute Gasteiger partial charge is 0.379 e. The van der Waals surface area contributed by atoms with Gasteiger partial charge in [-0.3, -0.25) is 9.59 Å². The van der Waals surface area contributed by atoms with E-state index in [0.717, 1.165) is 5.56 Å². The minimum atomic E-state index is -0.593. The van der Waals surface area contributed by atoms with Gasteiger partial charge in [-0.2, -0.15) is 0 Å². The van der Waals surface area contributed by atoms with Crippen LogP contribution in [0.5, 0.6) is 0 Å². The van der Waals surface area contributed by atoms with Crippen LogP contribution in [0.4, 0.5) is 0 Å². The van der Waals surface area contributed by atoms with Gasteiger partial charge in [0.25, 0.3) is 0 Å². The molecule has 122 valence electrons. The van der Waals surface area contributed by atoms with Crippen molar-refractivity contribution in [2.45, 2.75) is 39.2 Å². The van der Waals surface area contributed by atoms with Gasteiger partial charge in [-0.15, -0.1) is 0 Å². The SMILES string of the molecule is CC(C)OCCCNC(=O)C(=O)NC[C@H](C)c1ccccc1. The number of hydrogen-bond donors (Lipinski definition) is 2. The van der Waals surface area contributed by atoms with Gasteiger partial charge in [0.2, 0.25) is 0 Å². The molecule has 5 heteroatoms. The number of carbonyl (C=O) groups is 2. The summed E-state index contributed by atoms with van der Waals surface area (Å²) in [5.41, 5.74) is 1.13. The predicted molar refractivity (Wildman–Crippen MR) is 86.6 cm³/mol. The second-order valence-electron chi connectivity index (χ2n) is 5.55. The first kappa shape index (κ1) is 18.2. The molecule has 0 aliphatic rings. The van der Waals surface area contributed by atoms with Gasteiger partial charge in [0.05, 0.1) is 6.10 Å². The summed E-state index contributed by atoms with van der Waals surface area (Å²) in [7, 11) is 0. The molecule has 0 aliphatic carbocycles. The smallest absolute Gasteiger partial charge is 0.309 e. The zero-order valence-electron chi connectivity index (χ0n) is 13.6. The molecule has 0 heterocycles. The van der Waals surface area contributed by atoms with Crippen LogP contribution in [0, 0.1) is 0 Å². The van der Waals surface area contributed by atoms with Crippen molar-refractivity contribution in [2.24, 2.45) is 0 Å². The summed E-state index contributed by atoms with van der Waals surface area (Å²) < 4.78 is 5.36. The van der Waals surface area contributed by atoms with Crippen LogP contribution in [0.2, 0.25) is 0 Å². The van der Waals surface area contributed by atoms with E-state index in [0.29, 0.717) is 26.1 Å². The molecule has 2 N–H and O–H groups in total. The van der Waals surface area contributed by atoms with Crippen LogP contribution in [0.25, 0.3) is 0 Å². The molecular formula is C17H26N2O3. The lowest BCUT2D eigenvalue weighted by molar-refractivity contribution is -0.139. The van der Waals surface area contributed by atoms with Crippen LogP contribution < -0.4 is 10.6 Å². The minimum absolute atomic E-state index is 0.164. The van der Waals surface area contributed by atoms with Crippen molar-refractivity contribution in [1.82, 2.24) is 10.6 Å². The number of rotatable bonds is 8. The molecule has 2 amide bonds. The van der Waals surface area contributed by atoms with Crippen LogP contribution in [0.3, 0.4) is 0 Å². The molecule has 0 unspecified atom stereocenters. The van der Waals surface area contributed by atoms with Crippen LogP contribution in [-0.4, -0.2) is 37.6 Å². The Morgan fingerprint density at radius 3 is 2.32 bits per heavy atom. The maximum absolute atomic E-state index is 11.7. The van der Waals surface area contributed by atoms with Crippen molar-refractivity contribution in [3.63, 3.8) is 0 Å². The predicted octanol–water partition coefficient (Wildman–Crippen LogP) is 1.84. The lowest BCUT2D eigenvalue weighted by Crippen LogP contribution is -2.41. The highest BCUT2D eigenvalue weighted by Crippen LogP contribution is 2.12. The summed E-state index contributed by atoms with van der Waals surface area (Å²) in [6.07, 6.45) is 0.871. The third-order valence-electron chi connectivity index (χ3n) is 3.20. The normalized spacial score (nSPS) is 12.0. The van der Waals surface area contributed by atoms with Crippen molar-refractivity contribution >= 4 is 11.8 Å². The molecule has 0 aromatic heterocycles. The average Bonchev–Trinajstić information content (AvgIpc) is 2.52. The van der Waals surface area contributed by atoms with Crippen LogP contribution in [-0.2, 0) is 14.3 Å². The first-order valence-corrected chi connectivity index (χ1v) is 7.73. The fourth-order valence-corrected chi connectivity index (χ4v) is 1.90. The van der Waals surface area contributed by atoms with Gasteiger partial charge in [-0.1, -0.05) is 37.3 Å². The molecule has 0 aliphatic heterocycles. The van der Waals surface area contributed by atoms with E-state index >= 15 is 0 Å². The molecule has 1 aromatic carbocycles. The number of ether oxygens (including phenoxy) is 1. The Morgan fingerprint density at radius 2 is 1.68 bits per heavy atom. The molecule has 1 atom stereocenters. The molecule has 0 bridgehead atoms. The third kappa shape index (κ3) is 7.22. The van der Waals surface area contributed by atoms with Gasteiger partial charge in [0.1, 0.15) is 0 Å². The highest BCUT2D eigenvalue weighted by Gasteiger charge is 2.14. The molecule has 0 fully saturated rings. The molecule has 0 radical (unpaired) electrons. The van der Waals surface area contributed by atoms with Gasteiger partial charge in [-0.25, -0.2) is 0 Å². The lowest BCUT2D eigenvalue weighted by atomic mass is 10.0. The number of benzene rings is 1. The molecule has 0 saturated heterocycles. The Morgan fingerprint density at radius 1 is 1.05 bits per heavy atom. The molecule has 1 aromatic rings. The Balaban J connectivity index is 2.20. The maximum Gasteiger partial charge on any atom is 0.309 e. The van der Waals surface area contributed by atoms with Crippen molar-refractivity contribution in [3.8, 4) is 0 Å². The fourth-order valence-electron chi connectivity index (χ4n) is 1.90. The molecule has 0 spiro atoms. The molecule has 22 heavy (non-hydrogen) atoms. The number of carbonyl (C=O) groups excluding carboxylic acids is 2. The monoisotopic (exact) mass is 306 g/mol. The molecular weight excluding hydrogens is 280 g/mol. The van der Waals surface area contributed by atoms with Gasteiger partial charge in [0, 0.05) is 19.7 Å². The summed E-state index contributed by atoms with van der Waals surface area (Å²) in [5, 5.41) is 5.25. The zero-order valence-corrected chi connectivity index (χ0v) is 13.6. The van der Waals surface area contributed by atoms with Gasteiger partial charge in [-0.05, 0) is 31.7 Å². The highest BCUT2D eigenvalue weighted by atomic mass is 16.5. The number of hydrogen-bond acceptors (Lipinski definition) is 3. The van der Waals surface area contributed by atoms with Crippen LogP contribution in [0.15, 0.2) is 30.3 Å². The van der Waals surface area contributed by atoms with Gasteiger partial charge >= 0.3 is 11.8 Å². The Labute approximate surface area is 132 Å². The average molecular weight is 306 g/mol. The second kappa shape index (κ2) is 9.95. The Bertz CT molecular complexity index is 460. The standard InChI is InChI=1S/C17H26N2O3/c1-13(2)22-11-7-10-18-16(20)17(21)19-12-14(3)15-8-5-4-6-9-15/h4-6,8-9,13-14H,7,10-12H2,1-3H3,(H,18,20)(H,19,21)/t14-/m0/s1. The van der Waals surface area contributed by atoms with E-state index < -0.39 is 11.8 Å². The van der Waals surface area contributed by atoms with Crippen LogP contribution in [0.1, 0.15) is 38.7 Å². The minimum Gasteiger partial charge on any atom is -0.379 e. The molecule has 1 rings (SSSR count). The quantitative estimate of drug-likeness (QED) is 0.569. The highest BCUT2D eigenvalue weighted by molar-refractivity contribution is 6.35. The van der Waals surface area contributed by atoms with Gasteiger partial charge in [0.15, 0.2) is 0 Å². The van der Waals surface area contributed by atoms with E-state index in [1.54, 1.807) is 0 Å². The number of amides is 2.